The van der Waals surface area contributed by atoms with Crippen molar-refractivity contribution < 1.29 is 9.32 Å². The van der Waals surface area contributed by atoms with E-state index in [-0.39, 0.29) is 30.7 Å². The summed E-state index contributed by atoms with van der Waals surface area (Å²) in [5.41, 5.74) is 9.33. The number of halogens is 2. The van der Waals surface area contributed by atoms with Crippen LogP contribution in [0.3, 0.4) is 0 Å². The molecular weight excluding hydrogens is 387 g/mol. The number of aryl methyl sites for hydroxylation is 2. The Balaban J connectivity index is 0.00000182. The second-order valence-electron chi connectivity index (χ2n) is 6.70. The van der Waals surface area contributed by atoms with E-state index in [9.17, 15) is 4.79 Å². The second-order valence-corrected chi connectivity index (χ2v) is 6.70. The van der Waals surface area contributed by atoms with Gasteiger partial charge in [0.2, 0.25) is 5.91 Å². The highest BCUT2D eigenvalue weighted by atomic mass is 35.5. The van der Waals surface area contributed by atoms with Crippen molar-refractivity contribution >= 4 is 30.7 Å². The van der Waals surface area contributed by atoms with E-state index < -0.39 is 6.04 Å². The molecule has 0 radical (unpaired) electrons. The summed E-state index contributed by atoms with van der Waals surface area (Å²) < 4.78 is 5.23. The minimum atomic E-state index is -0.475. The highest BCUT2D eigenvalue weighted by Crippen LogP contribution is 2.16. The Hall–Kier alpha value is -1.60. The molecule has 3 rings (SSSR count). The maximum absolute atomic E-state index is 12.6. The fourth-order valence-electron chi connectivity index (χ4n) is 3.27. The van der Waals surface area contributed by atoms with Gasteiger partial charge in [0.1, 0.15) is 5.76 Å². The smallest absolute Gasteiger partial charge is 0.239 e. The molecular formula is C19H28Cl2N4O2. The first-order valence-electron chi connectivity index (χ1n) is 8.77. The lowest BCUT2D eigenvalue weighted by Gasteiger charge is -2.35. The summed E-state index contributed by atoms with van der Waals surface area (Å²) in [6.45, 7) is 7.84. The Bertz CT molecular complexity index is 696. The van der Waals surface area contributed by atoms with E-state index in [0.29, 0.717) is 19.5 Å². The molecule has 27 heavy (non-hydrogen) atoms. The highest BCUT2D eigenvalue weighted by Gasteiger charge is 2.26. The van der Waals surface area contributed by atoms with Gasteiger partial charge in [0, 0.05) is 38.3 Å². The quantitative estimate of drug-likeness (QED) is 0.812. The third-order valence-electron chi connectivity index (χ3n) is 4.86. The molecule has 2 heterocycles. The molecule has 1 aromatic heterocycles. The molecule has 1 aromatic carbocycles. The number of piperazine rings is 1. The molecule has 0 saturated carbocycles. The van der Waals surface area contributed by atoms with E-state index in [0.717, 1.165) is 42.2 Å². The first-order chi connectivity index (χ1) is 12.0. The van der Waals surface area contributed by atoms with Crippen molar-refractivity contribution in [2.45, 2.75) is 32.9 Å². The Labute approximate surface area is 172 Å². The van der Waals surface area contributed by atoms with Crippen molar-refractivity contribution in [2.75, 3.05) is 26.2 Å². The molecule has 8 heteroatoms. The Kier molecular flexibility index (Phi) is 9.26. The van der Waals surface area contributed by atoms with Crippen molar-refractivity contribution in [1.29, 1.82) is 0 Å². The number of carbonyl (C=O) groups is 1. The van der Waals surface area contributed by atoms with Crippen LogP contribution in [0.5, 0.6) is 0 Å². The molecule has 0 aliphatic carbocycles. The van der Waals surface area contributed by atoms with E-state index in [2.05, 4.69) is 10.1 Å². The second kappa shape index (κ2) is 10.7. The van der Waals surface area contributed by atoms with Gasteiger partial charge < -0.3 is 15.2 Å². The third-order valence-corrected chi connectivity index (χ3v) is 4.86. The molecule has 1 aliphatic rings. The van der Waals surface area contributed by atoms with Crippen molar-refractivity contribution in [3.8, 4) is 0 Å². The number of aromatic nitrogens is 1. The normalized spacial score (nSPS) is 15.6. The Morgan fingerprint density at radius 3 is 2.33 bits per heavy atom. The van der Waals surface area contributed by atoms with Crippen LogP contribution in [-0.4, -0.2) is 53.1 Å². The minimum absolute atomic E-state index is 0. The van der Waals surface area contributed by atoms with Crippen LogP contribution in [0.4, 0.5) is 0 Å². The average Bonchev–Trinajstić information content (AvgIpc) is 2.94. The van der Waals surface area contributed by atoms with Gasteiger partial charge in [0.05, 0.1) is 11.7 Å². The van der Waals surface area contributed by atoms with Crippen LogP contribution in [0.1, 0.15) is 22.6 Å². The lowest BCUT2D eigenvalue weighted by Crippen LogP contribution is -2.53. The topological polar surface area (TPSA) is 75.6 Å². The van der Waals surface area contributed by atoms with Gasteiger partial charge in [-0.05, 0) is 25.8 Å². The van der Waals surface area contributed by atoms with Gasteiger partial charge in [0.15, 0.2) is 0 Å². The average molecular weight is 415 g/mol. The zero-order valence-corrected chi connectivity index (χ0v) is 17.4. The van der Waals surface area contributed by atoms with E-state index in [1.807, 2.05) is 49.1 Å². The number of hydrogen-bond donors (Lipinski definition) is 1. The Morgan fingerprint density at radius 1 is 1.15 bits per heavy atom. The van der Waals surface area contributed by atoms with E-state index in [1.54, 1.807) is 0 Å². The van der Waals surface area contributed by atoms with Crippen LogP contribution < -0.4 is 5.73 Å². The fourth-order valence-corrected chi connectivity index (χ4v) is 3.27. The molecule has 6 nitrogen and oxygen atoms in total. The molecule has 0 bridgehead atoms. The van der Waals surface area contributed by atoms with E-state index in [1.165, 1.54) is 0 Å². The number of amides is 1. The molecule has 150 valence electrons. The number of rotatable bonds is 5. The van der Waals surface area contributed by atoms with Crippen molar-refractivity contribution in [2.24, 2.45) is 5.73 Å². The van der Waals surface area contributed by atoms with Gasteiger partial charge in [-0.3, -0.25) is 9.69 Å². The van der Waals surface area contributed by atoms with Gasteiger partial charge in [-0.2, -0.15) is 0 Å². The summed E-state index contributed by atoms with van der Waals surface area (Å²) in [6, 6.07) is 9.45. The maximum atomic E-state index is 12.6. The minimum Gasteiger partial charge on any atom is -0.361 e. The first-order valence-corrected chi connectivity index (χ1v) is 8.77. The monoisotopic (exact) mass is 414 g/mol. The number of nitrogens with two attached hydrogens (primary N) is 1. The molecule has 2 N–H and O–H groups in total. The van der Waals surface area contributed by atoms with Crippen molar-refractivity contribution in [3.63, 3.8) is 0 Å². The molecule has 2 aromatic rings. The molecule has 0 spiro atoms. The molecule has 1 fully saturated rings. The first kappa shape index (κ1) is 23.4. The Morgan fingerprint density at radius 2 is 1.78 bits per heavy atom. The predicted molar refractivity (Wildman–Crippen MR) is 110 cm³/mol. The van der Waals surface area contributed by atoms with Gasteiger partial charge in [-0.1, -0.05) is 35.5 Å². The van der Waals surface area contributed by atoms with E-state index >= 15 is 0 Å². The summed E-state index contributed by atoms with van der Waals surface area (Å²) in [7, 11) is 0. The maximum Gasteiger partial charge on any atom is 0.239 e. The van der Waals surface area contributed by atoms with Crippen LogP contribution in [0.15, 0.2) is 34.9 Å². The van der Waals surface area contributed by atoms with Gasteiger partial charge in [-0.15, -0.1) is 24.8 Å². The van der Waals surface area contributed by atoms with Crippen LogP contribution in [0, 0.1) is 13.8 Å². The largest absolute Gasteiger partial charge is 0.361 e. The lowest BCUT2D eigenvalue weighted by molar-refractivity contribution is -0.134. The van der Waals surface area contributed by atoms with Crippen LogP contribution in [0.2, 0.25) is 0 Å². The van der Waals surface area contributed by atoms with Gasteiger partial charge in [0.25, 0.3) is 0 Å². The molecule has 1 aliphatic heterocycles. The van der Waals surface area contributed by atoms with Crippen molar-refractivity contribution in [3.05, 3.63) is 52.9 Å². The third kappa shape index (κ3) is 5.94. The summed E-state index contributed by atoms with van der Waals surface area (Å²) in [4.78, 5) is 16.8. The van der Waals surface area contributed by atoms with Crippen molar-refractivity contribution in [1.82, 2.24) is 15.0 Å². The predicted octanol–water partition coefficient (Wildman–Crippen LogP) is 2.35. The molecule has 1 amide bonds. The van der Waals surface area contributed by atoms with Crippen LogP contribution in [-0.2, 0) is 17.8 Å². The zero-order valence-electron chi connectivity index (χ0n) is 15.8. The number of hydrogen-bond acceptors (Lipinski definition) is 5. The summed E-state index contributed by atoms with van der Waals surface area (Å²) >= 11 is 0. The fraction of sp³-hybridized carbons (Fsp3) is 0.474. The summed E-state index contributed by atoms with van der Waals surface area (Å²) in [5.74, 6) is 0.918. The molecule has 1 saturated heterocycles. The molecule has 1 unspecified atom stereocenters. The summed E-state index contributed by atoms with van der Waals surface area (Å²) in [5, 5.41) is 4.01. The van der Waals surface area contributed by atoms with Crippen LogP contribution in [0.25, 0.3) is 0 Å². The number of carbonyl (C=O) groups excluding carboxylic acids is 1. The lowest BCUT2D eigenvalue weighted by atomic mass is 10.1. The zero-order chi connectivity index (χ0) is 17.8. The van der Waals surface area contributed by atoms with E-state index in [4.69, 9.17) is 10.3 Å². The molecule has 1 atom stereocenters. The van der Waals surface area contributed by atoms with Gasteiger partial charge >= 0.3 is 0 Å². The van der Waals surface area contributed by atoms with Gasteiger partial charge in [-0.25, -0.2) is 0 Å². The number of nitrogens with zero attached hydrogens (tertiary/aromatic N) is 3. The standard InChI is InChI=1S/C19H26N4O2.2ClH/c1-14-17(15(2)25-21-14)13-22-8-10-23(11-9-22)19(24)18(20)12-16-6-4-3-5-7-16;;/h3-7,18H,8-13,20H2,1-2H3;2*1H. The SMILES string of the molecule is Cc1noc(C)c1CN1CCN(C(=O)C(N)Cc2ccccc2)CC1.Cl.Cl. The number of benzene rings is 1. The highest BCUT2D eigenvalue weighted by molar-refractivity contribution is 5.85. The summed E-state index contributed by atoms with van der Waals surface area (Å²) in [6.07, 6.45) is 0.582. The van der Waals surface area contributed by atoms with Crippen LogP contribution >= 0.6 is 24.8 Å².